The highest BCUT2D eigenvalue weighted by molar-refractivity contribution is 7.22. The number of benzene rings is 2. The average Bonchev–Trinajstić information content (AvgIpc) is 3.62. The van der Waals surface area contributed by atoms with Gasteiger partial charge in [0, 0.05) is 0 Å². The van der Waals surface area contributed by atoms with Gasteiger partial charge in [-0.2, -0.15) is 0 Å². The van der Waals surface area contributed by atoms with Gasteiger partial charge < -0.3 is 19.0 Å². The number of ether oxygens (including phenoxy) is 2. The molecule has 1 aliphatic rings. The number of aliphatic hydroxyl groups excluding tert-OH is 1. The molecule has 0 aliphatic carbocycles. The molecule has 0 fully saturated rings. The minimum Gasteiger partial charge on any atom is -0.503 e. The number of methoxy groups -OCH3 is 1. The zero-order valence-corrected chi connectivity index (χ0v) is 20.1. The molecule has 1 aliphatic heterocycles. The van der Waals surface area contributed by atoms with Crippen LogP contribution in [0, 0.1) is 0 Å². The molecule has 4 aromatic rings. The van der Waals surface area contributed by atoms with Crippen LogP contribution >= 0.6 is 11.3 Å². The van der Waals surface area contributed by atoms with E-state index in [1.54, 1.807) is 30.3 Å². The number of aliphatic hydroxyl groups is 1. The fourth-order valence-electron chi connectivity index (χ4n) is 4.06. The topological polar surface area (TPSA) is 119 Å². The van der Waals surface area contributed by atoms with Crippen molar-refractivity contribution in [1.29, 1.82) is 0 Å². The molecule has 5 rings (SSSR count). The Labute approximate surface area is 209 Å². The standard InChI is InChI=1S/C26H20N2O7S/c1-3-34-16-10-11-17-19(13-16)36-26(27-17)28-21(14-6-8-15(9-7-14)25(32)33-2)20(23(30)24(28)31)22(29)18-5-4-12-35-18/h4-13,21,30H,3H2,1-2H3. The summed E-state index contributed by atoms with van der Waals surface area (Å²) in [6.45, 7) is 2.38. The van der Waals surface area contributed by atoms with Gasteiger partial charge in [0.05, 0.1) is 47.4 Å². The minimum atomic E-state index is -1.01. The molecule has 9 nitrogen and oxygen atoms in total. The lowest BCUT2D eigenvalue weighted by molar-refractivity contribution is -0.117. The van der Waals surface area contributed by atoms with Crippen molar-refractivity contribution in [2.45, 2.75) is 13.0 Å². The van der Waals surface area contributed by atoms with E-state index in [1.165, 1.54) is 47.8 Å². The Morgan fingerprint density at radius 3 is 2.61 bits per heavy atom. The molecule has 3 heterocycles. The second kappa shape index (κ2) is 9.31. The number of Topliss-reactive ketones (excluding diaryl/α,β-unsaturated/α-hetero) is 1. The van der Waals surface area contributed by atoms with Crippen LogP contribution < -0.4 is 9.64 Å². The average molecular weight is 505 g/mol. The normalized spacial score (nSPS) is 15.6. The molecule has 2 aromatic carbocycles. The second-order valence-corrected chi connectivity index (χ2v) is 8.83. The van der Waals surface area contributed by atoms with Crippen molar-refractivity contribution < 1.29 is 33.4 Å². The summed E-state index contributed by atoms with van der Waals surface area (Å²) in [5.41, 5.74) is 1.28. The molecule has 1 N–H and O–H groups in total. The minimum absolute atomic E-state index is 0.0203. The van der Waals surface area contributed by atoms with Crippen LogP contribution in [0.25, 0.3) is 10.2 Å². The number of carbonyl (C=O) groups is 3. The number of nitrogens with zero attached hydrogens (tertiary/aromatic N) is 2. The molecular formula is C26H20N2O7S. The number of furan rings is 1. The first-order valence-electron chi connectivity index (χ1n) is 11.0. The molecule has 1 atom stereocenters. The van der Waals surface area contributed by atoms with E-state index in [4.69, 9.17) is 13.9 Å². The van der Waals surface area contributed by atoms with Crippen molar-refractivity contribution in [3.05, 3.63) is 89.1 Å². The van der Waals surface area contributed by atoms with Crippen molar-refractivity contribution >= 4 is 44.3 Å². The highest BCUT2D eigenvalue weighted by Crippen LogP contribution is 2.44. The van der Waals surface area contributed by atoms with Gasteiger partial charge in [0.25, 0.3) is 5.91 Å². The van der Waals surface area contributed by atoms with Crippen molar-refractivity contribution in [2.24, 2.45) is 0 Å². The molecule has 1 unspecified atom stereocenters. The highest BCUT2D eigenvalue weighted by atomic mass is 32.1. The third-order valence-corrected chi connectivity index (χ3v) is 6.73. The van der Waals surface area contributed by atoms with Gasteiger partial charge in [-0.15, -0.1) is 0 Å². The Hall–Kier alpha value is -4.44. The number of amides is 1. The number of hydrogen-bond acceptors (Lipinski definition) is 9. The maximum Gasteiger partial charge on any atom is 0.337 e. The van der Waals surface area contributed by atoms with Crippen LogP contribution in [-0.2, 0) is 9.53 Å². The lowest BCUT2D eigenvalue weighted by Crippen LogP contribution is -2.31. The first-order valence-corrected chi connectivity index (χ1v) is 11.8. The summed E-state index contributed by atoms with van der Waals surface area (Å²) >= 11 is 1.23. The monoisotopic (exact) mass is 504 g/mol. The van der Waals surface area contributed by atoms with Gasteiger partial charge >= 0.3 is 5.97 Å². The van der Waals surface area contributed by atoms with Crippen LogP contribution in [0.3, 0.4) is 0 Å². The van der Waals surface area contributed by atoms with E-state index in [1.807, 2.05) is 13.0 Å². The number of carbonyl (C=O) groups excluding carboxylic acids is 3. The van der Waals surface area contributed by atoms with Crippen LogP contribution in [-0.4, -0.2) is 41.5 Å². The van der Waals surface area contributed by atoms with Gasteiger partial charge in [0.15, 0.2) is 16.7 Å². The molecule has 0 radical (unpaired) electrons. The van der Waals surface area contributed by atoms with E-state index < -0.39 is 29.5 Å². The van der Waals surface area contributed by atoms with E-state index >= 15 is 0 Å². The van der Waals surface area contributed by atoms with Crippen LogP contribution in [0.5, 0.6) is 5.75 Å². The third-order valence-electron chi connectivity index (χ3n) is 5.71. The molecular weight excluding hydrogens is 484 g/mol. The summed E-state index contributed by atoms with van der Waals surface area (Å²) in [5.74, 6) is -1.97. The molecule has 2 aromatic heterocycles. The van der Waals surface area contributed by atoms with Gasteiger partial charge in [-0.25, -0.2) is 9.78 Å². The fourth-order valence-corrected chi connectivity index (χ4v) is 5.08. The summed E-state index contributed by atoms with van der Waals surface area (Å²) in [6.07, 6.45) is 1.34. The zero-order chi connectivity index (χ0) is 25.4. The van der Waals surface area contributed by atoms with Crippen molar-refractivity contribution in [3.63, 3.8) is 0 Å². The zero-order valence-electron chi connectivity index (χ0n) is 19.3. The number of aromatic nitrogens is 1. The van der Waals surface area contributed by atoms with Crippen LogP contribution in [0.2, 0.25) is 0 Å². The Morgan fingerprint density at radius 2 is 1.94 bits per heavy atom. The lowest BCUT2D eigenvalue weighted by Gasteiger charge is -2.24. The summed E-state index contributed by atoms with van der Waals surface area (Å²) in [7, 11) is 1.28. The van der Waals surface area contributed by atoms with E-state index in [9.17, 15) is 19.5 Å². The molecule has 10 heteroatoms. The quantitative estimate of drug-likeness (QED) is 0.280. The molecule has 0 saturated heterocycles. The van der Waals surface area contributed by atoms with Gasteiger partial charge in [-0.1, -0.05) is 23.5 Å². The maximum absolute atomic E-state index is 13.3. The summed E-state index contributed by atoms with van der Waals surface area (Å²) in [5, 5.41) is 11.2. The first-order chi connectivity index (χ1) is 17.4. The van der Waals surface area contributed by atoms with Crippen molar-refractivity contribution in [2.75, 3.05) is 18.6 Å². The summed E-state index contributed by atoms with van der Waals surface area (Å²) in [4.78, 5) is 44.5. The Balaban J connectivity index is 1.63. The number of rotatable bonds is 7. The van der Waals surface area contributed by atoms with E-state index in [2.05, 4.69) is 4.98 Å². The fraction of sp³-hybridized carbons (Fsp3) is 0.154. The second-order valence-electron chi connectivity index (χ2n) is 7.82. The third kappa shape index (κ3) is 3.91. The van der Waals surface area contributed by atoms with Gasteiger partial charge in [0.2, 0.25) is 5.78 Å². The summed E-state index contributed by atoms with van der Waals surface area (Å²) in [6, 6.07) is 13.6. The Morgan fingerprint density at radius 1 is 1.17 bits per heavy atom. The maximum atomic E-state index is 13.3. The molecule has 0 spiro atoms. The van der Waals surface area contributed by atoms with E-state index in [0.29, 0.717) is 34.1 Å². The predicted molar refractivity (Wildman–Crippen MR) is 131 cm³/mol. The number of ketones is 1. The lowest BCUT2D eigenvalue weighted by atomic mass is 9.94. The molecule has 0 saturated carbocycles. The van der Waals surface area contributed by atoms with Gasteiger partial charge in [0.1, 0.15) is 5.75 Å². The van der Waals surface area contributed by atoms with Crippen molar-refractivity contribution in [3.8, 4) is 5.75 Å². The van der Waals surface area contributed by atoms with Crippen LogP contribution in [0.4, 0.5) is 5.13 Å². The SMILES string of the molecule is CCOc1ccc2nc(N3C(=O)C(O)=C(C(=O)c4ccco4)C3c3ccc(C(=O)OC)cc3)sc2c1. The van der Waals surface area contributed by atoms with Crippen molar-refractivity contribution in [1.82, 2.24) is 4.98 Å². The van der Waals surface area contributed by atoms with E-state index in [0.717, 1.165) is 4.70 Å². The molecule has 1 amide bonds. The number of esters is 1. The number of anilines is 1. The number of thiazole rings is 1. The first kappa shape index (κ1) is 23.3. The number of hydrogen-bond donors (Lipinski definition) is 1. The molecule has 36 heavy (non-hydrogen) atoms. The summed E-state index contributed by atoms with van der Waals surface area (Å²) < 4.78 is 16.3. The Kier molecular flexibility index (Phi) is 6.03. The van der Waals surface area contributed by atoms with Crippen LogP contribution in [0.15, 0.2) is 76.6 Å². The Bertz CT molecular complexity index is 1500. The predicted octanol–water partition coefficient (Wildman–Crippen LogP) is 4.86. The van der Waals surface area contributed by atoms with Gasteiger partial charge in [-0.3, -0.25) is 14.5 Å². The number of fused-ring (bicyclic) bond motifs is 1. The smallest absolute Gasteiger partial charge is 0.337 e. The highest BCUT2D eigenvalue weighted by Gasteiger charge is 2.46. The van der Waals surface area contributed by atoms with E-state index in [-0.39, 0.29) is 11.3 Å². The largest absolute Gasteiger partial charge is 0.503 e. The molecule has 0 bridgehead atoms. The molecule has 182 valence electrons. The van der Waals surface area contributed by atoms with Gasteiger partial charge in [-0.05, 0) is 55.0 Å². The van der Waals surface area contributed by atoms with Crippen LogP contribution in [0.1, 0.15) is 39.4 Å².